The molecule has 3 aromatic rings. The Bertz CT molecular complexity index is 1060. The van der Waals surface area contributed by atoms with Crippen LogP contribution in [0.1, 0.15) is 12.8 Å². The van der Waals surface area contributed by atoms with Crippen LogP contribution in [0.3, 0.4) is 0 Å². The average Bonchev–Trinajstić information content (AvgIpc) is 3.25. The fourth-order valence-corrected chi connectivity index (χ4v) is 4.03. The zero-order chi connectivity index (χ0) is 18.3. The highest BCUT2D eigenvalue weighted by molar-refractivity contribution is 9.10. The summed E-state index contributed by atoms with van der Waals surface area (Å²) in [5.74, 6) is 1.68. The van der Waals surface area contributed by atoms with Gasteiger partial charge in [0, 0.05) is 31.1 Å². The summed E-state index contributed by atoms with van der Waals surface area (Å²) in [7, 11) is -3.21. The van der Waals surface area contributed by atoms with Crippen LogP contribution in [0, 0.1) is 0 Å². The highest BCUT2D eigenvalue weighted by Gasteiger charge is 2.18. The largest absolute Gasteiger partial charge is 0.356 e. The summed E-state index contributed by atoms with van der Waals surface area (Å²) < 4.78 is 25.8. The van der Waals surface area contributed by atoms with Gasteiger partial charge in [0.25, 0.3) is 0 Å². The van der Waals surface area contributed by atoms with Crippen molar-refractivity contribution in [2.24, 2.45) is 0 Å². The van der Waals surface area contributed by atoms with Gasteiger partial charge in [-0.15, -0.1) is 0 Å². The number of fused-ring (bicyclic) bond motifs is 1. The molecule has 1 saturated heterocycles. The van der Waals surface area contributed by atoms with Gasteiger partial charge in [0.1, 0.15) is 11.6 Å². The van der Waals surface area contributed by atoms with Gasteiger partial charge in [-0.3, -0.25) is 0 Å². The van der Waals surface area contributed by atoms with E-state index in [4.69, 9.17) is 4.98 Å². The van der Waals surface area contributed by atoms with Crippen molar-refractivity contribution in [1.82, 2.24) is 14.6 Å². The number of benzene rings is 1. The quantitative estimate of drug-likeness (QED) is 0.677. The van der Waals surface area contributed by atoms with Gasteiger partial charge in [-0.1, -0.05) is 0 Å². The lowest BCUT2D eigenvalue weighted by Crippen LogP contribution is -2.19. The molecule has 2 aromatic heterocycles. The standard InChI is InChI=1S/C17H18BrN5O2S/c1-26(24,25)13-6-4-12(5-7-13)20-16-10-15(22-8-2-3-9-22)21-17-14(18)11-19-23(16)17/h4-7,10-11,20H,2-3,8-9H2,1H3. The molecule has 1 N–H and O–H groups in total. The normalized spacial score (nSPS) is 14.9. The molecule has 0 unspecified atom stereocenters. The number of rotatable bonds is 4. The highest BCUT2D eigenvalue weighted by atomic mass is 79.9. The third-order valence-corrected chi connectivity index (χ3v) is 6.09. The molecule has 1 aliphatic rings. The van der Waals surface area contributed by atoms with Crippen LogP contribution >= 0.6 is 15.9 Å². The predicted molar refractivity (Wildman–Crippen MR) is 105 cm³/mol. The first-order chi connectivity index (χ1) is 12.4. The van der Waals surface area contributed by atoms with Gasteiger partial charge in [0.2, 0.25) is 0 Å². The molecule has 0 bridgehead atoms. The van der Waals surface area contributed by atoms with Crippen LogP contribution in [0.2, 0.25) is 0 Å². The number of halogens is 1. The molecular weight excluding hydrogens is 418 g/mol. The molecule has 0 atom stereocenters. The molecule has 0 amide bonds. The van der Waals surface area contributed by atoms with Crippen molar-refractivity contribution in [2.45, 2.75) is 17.7 Å². The first kappa shape index (κ1) is 17.3. The third kappa shape index (κ3) is 3.28. The number of hydrogen-bond donors (Lipinski definition) is 1. The minimum absolute atomic E-state index is 0.294. The highest BCUT2D eigenvalue weighted by Crippen LogP contribution is 2.28. The Labute approximate surface area is 160 Å². The van der Waals surface area contributed by atoms with Crippen LogP contribution in [-0.4, -0.2) is 42.4 Å². The first-order valence-electron chi connectivity index (χ1n) is 8.28. The lowest BCUT2D eigenvalue weighted by Gasteiger charge is -2.18. The Hall–Kier alpha value is -2.13. The molecule has 0 saturated carbocycles. The van der Waals surface area contributed by atoms with Crippen molar-refractivity contribution in [3.8, 4) is 0 Å². The number of nitrogens with one attached hydrogen (secondary N) is 1. The summed E-state index contributed by atoms with van der Waals surface area (Å²) >= 11 is 3.50. The summed E-state index contributed by atoms with van der Waals surface area (Å²) in [6.07, 6.45) is 5.26. The third-order valence-electron chi connectivity index (χ3n) is 4.40. The Morgan fingerprint density at radius 3 is 2.50 bits per heavy atom. The Balaban J connectivity index is 1.73. The van der Waals surface area contributed by atoms with E-state index in [-0.39, 0.29) is 0 Å². The van der Waals surface area contributed by atoms with Crippen molar-refractivity contribution < 1.29 is 8.42 Å². The maximum Gasteiger partial charge on any atom is 0.175 e. The molecule has 136 valence electrons. The number of hydrogen-bond acceptors (Lipinski definition) is 6. The van der Waals surface area contributed by atoms with Gasteiger partial charge in [-0.05, 0) is 53.0 Å². The molecule has 3 heterocycles. The fraction of sp³-hybridized carbons (Fsp3) is 0.294. The molecule has 26 heavy (non-hydrogen) atoms. The van der Waals surface area contributed by atoms with Crippen molar-refractivity contribution >= 4 is 48.7 Å². The second-order valence-electron chi connectivity index (χ2n) is 6.34. The first-order valence-corrected chi connectivity index (χ1v) is 11.0. The molecular formula is C17H18BrN5O2S. The monoisotopic (exact) mass is 435 g/mol. The van der Waals surface area contributed by atoms with E-state index < -0.39 is 9.84 Å². The number of sulfone groups is 1. The second kappa shape index (κ2) is 6.55. The molecule has 0 radical (unpaired) electrons. The van der Waals surface area contributed by atoms with Gasteiger partial charge in [0.15, 0.2) is 15.5 Å². The molecule has 9 heteroatoms. The van der Waals surface area contributed by atoms with E-state index in [2.05, 4.69) is 31.2 Å². The average molecular weight is 436 g/mol. The Morgan fingerprint density at radius 2 is 1.85 bits per heavy atom. The van der Waals surface area contributed by atoms with Crippen LogP contribution in [0.5, 0.6) is 0 Å². The zero-order valence-corrected chi connectivity index (χ0v) is 16.6. The molecule has 0 spiro atoms. The van der Waals surface area contributed by atoms with Gasteiger partial charge >= 0.3 is 0 Å². The van der Waals surface area contributed by atoms with Crippen LogP contribution in [0.25, 0.3) is 5.65 Å². The summed E-state index contributed by atoms with van der Waals surface area (Å²) in [5.41, 5.74) is 1.52. The van der Waals surface area contributed by atoms with E-state index in [0.29, 0.717) is 4.90 Å². The van der Waals surface area contributed by atoms with Crippen molar-refractivity contribution in [3.05, 3.63) is 41.0 Å². The van der Waals surface area contributed by atoms with E-state index in [9.17, 15) is 8.42 Å². The fourth-order valence-electron chi connectivity index (χ4n) is 3.05. The van der Waals surface area contributed by atoms with Crippen molar-refractivity contribution in [2.75, 3.05) is 29.6 Å². The molecule has 7 nitrogen and oxygen atoms in total. The van der Waals surface area contributed by atoms with Crippen LogP contribution in [0.15, 0.2) is 45.9 Å². The van der Waals surface area contributed by atoms with E-state index in [1.807, 2.05) is 6.07 Å². The SMILES string of the molecule is CS(=O)(=O)c1ccc(Nc2cc(N3CCCC3)nc3c(Br)cnn23)cc1. The van der Waals surface area contributed by atoms with Crippen LogP contribution in [0.4, 0.5) is 17.3 Å². The lowest BCUT2D eigenvalue weighted by atomic mass is 10.3. The lowest BCUT2D eigenvalue weighted by molar-refractivity contribution is 0.602. The number of aromatic nitrogens is 3. The Kier molecular flexibility index (Phi) is 4.36. The van der Waals surface area contributed by atoms with E-state index in [0.717, 1.165) is 40.5 Å². The van der Waals surface area contributed by atoms with Crippen LogP contribution in [-0.2, 0) is 9.84 Å². The maximum absolute atomic E-state index is 11.6. The summed E-state index contributed by atoms with van der Waals surface area (Å²) in [6.45, 7) is 1.99. The summed E-state index contributed by atoms with van der Waals surface area (Å²) in [5, 5.41) is 7.69. The minimum atomic E-state index is -3.21. The summed E-state index contributed by atoms with van der Waals surface area (Å²) in [6, 6.07) is 8.66. The van der Waals surface area contributed by atoms with Gasteiger partial charge in [0.05, 0.1) is 15.6 Å². The molecule has 1 aromatic carbocycles. The minimum Gasteiger partial charge on any atom is -0.356 e. The second-order valence-corrected chi connectivity index (χ2v) is 9.21. The van der Waals surface area contributed by atoms with Crippen molar-refractivity contribution in [3.63, 3.8) is 0 Å². The van der Waals surface area contributed by atoms with E-state index in [1.165, 1.54) is 19.1 Å². The molecule has 1 aliphatic heterocycles. The van der Waals surface area contributed by atoms with Gasteiger partial charge in [-0.2, -0.15) is 9.61 Å². The number of nitrogens with zero attached hydrogens (tertiary/aromatic N) is 4. The molecule has 0 aliphatic carbocycles. The van der Waals surface area contributed by atoms with E-state index >= 15 is 0 Å². The van der Waals surface area contributed by atoms with Gasteiger partial charge in [-0.25, -0.2) is 13.4 Å². The van der Waals surface area contributed by atoms with Crippen molar-refractivity contribution in [1.29, 1.82) is 0 Å². The topological polar surface area (TPSA) is 79.6 Å². The Morgan fingerprint density at radius 1 is 1.15 bits per heavy atom. The van der Waals surface area contributed by atoms with Gasteiger partial charge < -0.3 is 10.2 Å². The maximum atomic E-state index is 11.6. The predicted octanol–water partition coefficient (Wildman–Crippen LogP) is 3.24. The smallest absolute Gasteiger partial charge is 0.175 e. The molecule has 1 fully saturated rings. The van der Waals surface area contributed by atoms with E-state index in [1.54, 1.807) is 35.0 Å². The number of anilines is 3. The zero-order valence-electron chi connectivity index (χ0n) is 14.2. The molecule has 4 rings (SSSR count). The summed E-state index contributed by atoms with van der Waals surface area (Å²) in [4.78, 5) is 7.28. The van der Waals surface area contributed by atoms with Crippen LogP contribution < -0.4 is 10.2 Å².